The summed E-state index contributed by atoms with van der Waals surface area (Å²) in [5.74, 6) is 1.45. The van der Waals surface area contributed by atoms with Crippen LogP contribution in [0, 0.1) is 58.2 Å². The van der Waals surface area contributed by atoms with Gasteiger partial charge in [-0.25, -0.2) is 0 Å². The summed E-state index contributed by atoms with van der Waals surface area (Å²) in [6, 6.07) is 0. The van der Waals surface area contributed by atoms with Gasteiger partial charge in [0.05, 0.1) is 6.10 Å². The van der Waals surface area contributed by atoms with Crippen molar-refractivity contribution in [2.24, 2.45) is 58.2 Å². The fourth-order valence-corrected chi connectivity index (χ4v) is 8.86. The van der Waals surface area contributed by atoms with Crippen LogP contribution in [0.15, 0.2) is 0 Å². The van der Waals surface area contributed by atoms with Crippen LogP contribution in [-0.2, 0) is 14.4 Å². The fraction of sp³-hybridized carbons (Fsp3) is 0.893. The van der Waals surface area contributed by atoms with Crippen molar-refractivity contribution < 1.29 is 19.5 Å². The molecule has 0 aromatic rings. The normalized spacial score (nSPS) is 45.9. The van der Waals surface area contributed by atoms with Crippen LogP contribution in [0.1, 0.15) is 92.9 Å². The first-order valence-electron chi connectivity index (χ1n) is 13.2. The Labute approximate surface area is 194 Å². The Morgan fingerprint density at radius 2 is 1.62 bits per heavy atom. The van der Waals surface area contributed by atoms with E-state index in [4.69, 9.17) is 0 Å². The van der Waals surface area contributed by atoms with E-state index in [1.54, 1.807) is 0 Å². The predicted octanol–water partition coefficient (Wildman–Crippen LogP) is 5.25. The van der Waals surface area contributed by atoms with Crippen LogP contribution in [0.4, 0.5) is 0 Å². The van der Waals surface area contributed by atoms with Crippen molar-refractivity contribution in [1.82, 2.24) is 0 Å². The lowest BCUT2D eigenvalue weighted by atomic mass is 9.43. The molecule has 4 saturated carbocycles. The number of carbonyl (C=O) groups excluding carboxylic acids is 3. The van der Waals surface area contributed by atoms with Crippen molar-refractivity contribution in [3.05, 3.63) is 0 Å². The second-order valence-corrected chi connectivity index (χ2v) is 12.9. The molecule has 0 spiro atoms. The van der Waals surface area contributed by atoms with Gasteiger partial charge in [0.1, 0.15) is 0 Å². The molecule has 0 heterocycles. The molecule has 1 N–H and O–H groups in total. The summed E-state index contributed by atoms with van der Waals surface area (Å²) >= 11 is 0. The van der Waals surface area contributed by atoms with E-state index in [9.17, 15) is 19.5 Å². The Balaban J connectivity index is 1.56. The van der Waals surface area contributed by atoms with Gasteiger partial charge in [-0.1, -0.05) is 54.4 Å². The molecular weight excluding hydrogens is 400 g/mol. The first-order valence-corrected chi connectivity index (χ1v) is 13.2. The van der Waals surface area contributed by atoms with Gasteiger partial charge in [-0.05, 0) is 78.9 Å². The zero-order valence-electron chi connectivity index (χ0n) is 21.0. The average Bonchev–Trinajstić information content (AvgIpc) is 3.09. The molecule has 4 aliphatic carbocycles. The van der Waals surface area contributed by atoms with E-state index in [-0.39, 0.29) is 29.6 Å². The SMILES string of the molecule is CC(C)[C@@H](C)CC[C@@H](C)[C@H]1CC[C@H]2[C@@H]3CC(O)C4CC(=O)C(=O)C(=O)[C@]4(C)[C@H]3CC[C@]12C. The van der Waals surface area contributed by atoms with Gasteiger partial charge in [0.2, 0.25) is 11.6 Å². The molecule has 4 fully saturated rings. The van der Waals surface area contributed by atoms with Gasteiger partial charge >= 0.3 is 0 Å². The highest BCUT2D eigenvalue weighted by molar-refractivity contribution is 6.65. The summed E-state index contributed by atoms with van der Waals surface area (Å²) in [6.07, 6.45) is 7.07. The van der Waals surface area contributed by atoms with Crippen molar-refractivity contribution in [3.63, 3.8) is 0 Å². The summed E-state index contributed by atoms with van der Waals surface area (Å²) in [5, 5.41) is 11.1. The van der Waals surface area contributed by atoms with E-state index in [2.05, 4.69) is 34.6 Å². The predicted molar refractivity (Wildman–Crippen MR) is 125 cm³/mol. The number of hydrogen-bond donors (Lipinski definition) is 1. The molecule has 0 aromatic carbocycles. The largest absolute Gasteiger partial charge is 0.393 e. The number of rotatable bonds is 5. The number of ketones is 3. The highest BCUT2D eigenvalue weighted by Gasteiger charge is 2.66. The third-order valence-electron chi connectivity index (χ3n) is 11.3. The van der Waals surface area contributed by atoms with E-state index in [0.717, 1.165) is 24.7 Å². The van der Waals surface area contributed by atoms with Gasteiger partial charge < -0.3 is 5.11 Å². The maximum absolute atomic E-state index is 13.2. The van der Waals surface area contributed by atoms with Crippen LogP contribution in [0.25, 0.3) is 0 Å². The number of fused-ring (bicyclic) bond motifs is 5. The summed E-state index contributed by atoms with van der Waals surface area (Å²) in [4.78, 5) is 37.7. The summed E-state index contributed by atoms with van der Waals surface area (Å²) < 4.78 is 0. The maximum Gasteiger partial charge on any atom is 0.264 e. The molecule has 4 rings (SSSR count). The number of aliphatic hydroxyl groups is 1. The molecular formula is C28H44O4. The van der Waals surface area contributed by atoms with Gasteiger partial charge in [0.25, 0.3) is 5.78 Å². The fourth-order valence-electron chi connectivity index (χ4n) is 8.86. The van der Waals surface area contributed by atoms with E-state index < -0.39 is 28.9 Å². The van der Waals surface area contributed by atoms with Gasteiger partial charge in [0, 0.05) is 17.8 Å². The highest BCUT2D eigenvalue weighted by atomic mass is 16.3. The number of hydrogen-bond acceptors (Lipinski definition) is 4. The van der Waals surface area contributed by atoms with Gasteiger partial charge in [-0.3, -0.25) is 14.4 Å². The molecule has 180 valence electrons. The molecule has 4 aliphatic rings. The Morgan fingerprint density at radius 3 is 2.28 bits per heavy atom. The smallest absolute Gasteiger partial charge is 0.264 e. The minimum absolute atomic E-state index is 0.0427. The lowest BCUT2D eigenvalue weighted by molar-refractivity contribution is -0.179. The average molecular weight is 445 g/mol. The lowest BCUT2D eigenvalue weighted by Crippen LogP contribution is -2.63. The minimum atomic E-state index is -0.870. The molecule has 0 aromatic heterocycles. The lowest BCUT2D eigenvalue weighted by Gasteiger charge is -2.60. The third kappa shape index (κ3) is 3.46. The van der Waals surface area contributed by atoms with Crippen LogP contribution in [0.5, 0.6) is 0 Å². The van der Waals surface area contributed by atoms with Crippen LogP contribution in [0.3, 0.4) is 0 Å². The van der Waals surface area contributed by atoms with E-state index in [1.807, 2.05) is 6.92 Å². The topological polar surface area (TPSA) is 71.4 Å². The van der Waals surface area contributed by atoms with E-state index in [0.29, 0.717) is 24.2 Å². The molecule has 0 saturated heterocycles. The zero-order valence-corrected chi connectivity index (χ0v) is 21.0. The molecule has 0 radical (unpaired) electrons. The van der Waals surface area contributed by atoms with Crippen LogP contribution in [0.2, 0.25) is 0 Å². The van der Waals surface area contributed by atoms with Crippen molar-refractivity contribution in [2.75, 3.05) is 0 Å². The summed E-state index contributed by atoms with van der Waals surface area (Å²) in [7, 11) is 0. The number of aliphatic hydroxyl groups excluding tert-OH is 1. The molecule has 10 atom stereocenters. The van der Waals surface area contributed by atoms with E-state index in [1.165, 1.54) is 25.7 Å². The van der Waals surface area contributed by atoms with Crippen molar-refractivity contribution in [3.8, 4) is 0 Å². The minimum Gasteiger partial charge on any atom is -0.393 e. The highest BCUT2D eigenvalue weighted by Crippen LogP contribution is 2.67. The first-order chi connectivity index (χ1) is 14.9. The Bertz CT molecular complexity index is 786. The standard InChI is InChI=1S/C28H44O4/c1-15(2)16(3)7-8-17(4)19-9-10-20-18-13-23(29)22-14-24(30)25(31)26(32)28(22,6)21(18)11-12-27(19,20)5/h15-23,29H,7-14H2,1-6H3/t16-,17+,18-,19+,20-,21-,22?,23?,27+,28+/m0/s1. The summed E-state index contributed by atoms with van der Waals surface area (Å²) in [5.41, 5.74) is -0.618. The van der Waals surface area contributed by atoms with Crippen LogP contribution in [-0.4, -0.2) is 28.6 Å². The maximum atomic E-state index is 13.2. The Kier molecular flexibility index (Phi) is 6.27. The Hall–Kier alpha value is -1.03. The summed E-state index contributed by atoms with van der Waals surface area (Å²) in [6.45, 7) is 13.8. The molecule has 4 heteroatoms. The van der Waals surface area contributed by atoms with Gasteiger partial charge in [-0.2, -0.15) is 0 Å². The quantitative estimate of drug-likeness (QED) is 0.588. The molecule has 4 nitrogen and oxygen atoms in total. The van der Waals surface area contributed by atoms with Crippen molar-refractivity contribution in [1.29, 1.82) is 0 Å². The first kappa shape index (κ1) is 24.1. The molecule has 0 bridgehead atoms. The molecule has 32 heavy (non-hydrogen) atoms. The molecule has 0 amide bonds. The van der Waals surface area contributed by atoms with Crippen molar-refractivity contribution in [2.45, 2.75) is 99.0 Å². The molecule has 0 aliphatic heterocycles. The Morgan fingerprint density at radius 1 is 0.938 bits per heavy atom. The van der Waals surface area contributed by atoms with Crippen LogP contribution < -0.4 is 0 Å². The van der Waals surface area contributed by atoms with Gasteiger partial charge in [0.15, 0.2) is 0 Å². The second kappa shape index (κ2) is 8.32. The number of Topliss-reactive ketones (excluding diaryl/α,β-unsaturated/α-hetero) is 3. The molecule has 2 unspecified atom stereocenters. The van der Waals surface area contributed by atoms with Crippen molar-refractivity contribution >= 4 is 17.3 Å². The monoisotopic (exact) mass is 444 g/mol. The van der Waals surface area contributed by atoms with Gasteiger partial charge in [-0.15, -0.1) is 0 Å². The number of carbonyl (C=O) groups is 3. The van der Waals surface area contributed by atoms with E-state index >= 15 is 0 Å². The third-order valence-corrected chi connectivity index (χ3v) is 11.3. The van der Waals surface area contributed by atoms with Crippen LogP contribution >= 0.6 is 0 Å². The zero-order chi connectivity index (χ0) is 23.6. The second-order valence-electron chi connectivity index (χ2n) is 12.9.